The van der Waals surface area contributed by atoms with E-state index in [0.717, 1.165) is 35.5 Å². The number of carbonyl (C=O) groups is 1. The van der Waals surface area contributed by atoms with Crippen molar-refractivity contribution in [1.82, 2.24) is 9.97 Å². The Morgan fingerprint density at radius 2 is 1.92 bits per heavy atom. The Hall–Kier alpha value is -2.95. The van der Waals surface area contributed by atoms with Crippen molar-refractivity contribution in [3.05, 3.63) is 59.9 Å². The lowest BCUT2D eigenvalue weighted by molar-refractivity contribution is 0.102. The molecular formula is C20H20N4O. The second kappa shape index (κ2) is 6.51. The van der Waals surface area contributed by atoms with E-state index in [-0.39, 0.29) is 5.91 Å². The summed E-state index contributed by atoms with van der Waals surface area (Å²) in [4.78, 5) is 24.0. The largest absolute Gasteiger partial charge is 0.357 e. The van der Waals surface area contributed by atoms with Crippen LogP contribution < -0.4 is 10.2 Å². The van der Waals surface area contributed by atoms with Crippen molar-refractivity contribution in [2.45, 2.75) is 19.8 Å². The predicted octanol–water partition coefficient (Wildman–Crippen LogP) is 3.79. The normalized spacial score (nSPS) is 14.0. The van der Waals surface area contributed by atoms with E-state index >= 15 is 0 Å². The van der Waals surface area contributed by atoms with Gasteiger partial charge < -0.3 is 10.2 Å². The molecule has 1 aliphatic rings. The molecule has 0 spiro atoms. The number of aromatic nitrogens is 2. The van der Waals surface area contributed by atoms with Gasteiger partial charge in [0.2, 0.25) is 0 Å². The molecule has 1 fully saturated rings. The Kier molecular flexibility index (Phi) is 4.06. The zero-order chi connectivity index (χ0) is 17.2. The standard InChI is InChI=1S/C20H20N4O/c1-14-12-17(16-6-2-3-7-18(16)22-14)20(25)23-15-8-9-19(21-13-15)24-10-4-5-11-24/h2-3,6-9,12-13H,4-5,10-11H2,1H3,(H,23,25). The molecule has 2 aromatic heterocycles. The Bertz CT molecular complexity index is 915. The van der Waals surface area contributed by atoms with Crippen LogP contribution in [-0.2, 0) is 0 Å². The maximum atomic E-state index is 12.7. The number of hydrogen-bond acceptors (Lipinski definition) is 4. The van der Waals surface area contributed by atoms with Crippen LogP contribution in [0.15, 0.2) is 48.7 Å². The third-order valence-electron chi connectivity index (χ3n) is 4.52. The van der Waals surface area contributed by atoms with Crippen molar-refractivity contribution in [2.24, 2.45) is 0 Å². The maximum absolute atomic E-state index is 12.7. The van der Waals surface area contributed by atoms with Crippen LogP contribution in [0.4, 0.5) is 11.5 Å². The fourth-order valence-corrected chi connectivity index (χ4v) is 3.29. The monoisotopic (exact) mass is 332 g/mol. The van der Waals surface area contributed by atoms with Crippen LogP contribution in [-0.4, -0.2) is 29.0 Å². The number of anilines is 2. The average molecular weight is 332 g/mol. The molecule has 0 saturated carbocycles. The zero-order valence-electron chi connectivity index (χ0n) is 14.2. The van der Waals surface area contributed by atoms with Gasteiger partial charge in [-0.3, -0.25) is 9.78 Å². The van der Waals surface area contributed by atoms with Crippen molar-refractivity contribution in [2.75, 3.05) is 23.3 Å². The van der Waals surface area contributed by atoms with Crippen molar-refractivity contribution in [3.63, 3.8) is 0 Å². The van der Waals surface area contributed by atoms with Crippen molar-refractivity contribution < 1.29 is 4.79 Å². The molecule has 1 N–H and O–H groups in total. The third kappa shape index (κ3) is 3.18. The fourth-order valence-electron chi connectivity index (χ4n) is 3.29. The molecule has 3 heterocycles. The highest BCUT2D eigenvalue weighted by molar-refractivity contribution is 6.12. The first-order valence-corrected chi connectivity index (χ1v) is 8.59. The molecule has 0 atom stereocenters. The minimum atomic E-state index is -0.141. The van der Waals surface area contributed by atoms with Gasteiger partial charge in [0, 0.05) is 24.2 Å². The fraction of sp³-hybridized carbons (Fsp3) is 0.250. The Labute approximate surface area is 146 Å². The molecule has 1 amide bonds. The number of nitrogens with zero attached hydrogens (tertiary/aromatic N) is 3. The lowest BCUT2D eigenvalue weighted by Gasteiger charge is -2.16. The van der Waals surface area contributed by atoms with Crippen LogP contribution in [0.25, 0.3) is 10.9 Å². The topological polar surface area (TPSA) is 58.1 Å². The molecule has 25 heavy (non-hydrogen) atoms. The highest BCUT2D eigenvalue weighted by atomic mass is 16.1. The highest BCUT2D eigenvalue weighted by Crippen LogP contribution is 2.21. The third-order valence-corrected chi connectivity index (χ3v) is 4.52. The van der Waals surface area contributed by atoms with Crippen molar-refractivity contribution in [1.29, 1.82) is 0 Å². The van der Waals surface area contributed by atoms with Gasteiger partial charge >= 0.3 is 0 Å². The number of rotatable bonds is 3. The molecule has 5 nitrogen and oxygen atoms in total. The molecule has 3 aromatic rings. The van der Waals surface area contributed by atoms with Crippen LogP contribution >= 0.6 is 0 Å². The van der Waals surface area contributed by atoms with E-state index in [0.29, 0.717) is 11.3 Å². The molecule has 5 heteroatoms. The number of fused-ring (bicyclic) bond motifs is 1. The summed E-state index contributed by atoms with van der Waals surface area (Å²) in [5.41, 5.74) is 2.99. The van der Waals surface area contributed by atoms with Crippen LogP contribution in [0.3, 0.4) is 0 Å². The maximum Gasteiger partial charge on any atom is 0.256 e. The number of hydrogen-bond donors (Lipinski definition) is 1. The molecular weight excluding hydrogens is 312 g/mol. The van der Waals surface area contributed by atoms with Gasteiger partial charge in [-0.2, -0.15) is 0 Å². The van der Waals surface area contributed by atoms with E-state index < -0.39 is 0 Å². The smallest absolute Gasteiger partial charge is 0.256 e. The van der Waals surface area contributed by atoms with E-state index in [4.69, 9.17) is 0 Å². The number of para-hydroxylation sites is 1. The second-order valence-corrected chi connectivity index (χ2v) is 6.38. The van der Waals surface area contributed by atoms with E-state index in [1.807, 2.05) is 49.4 Å². The van der Waals surface area contributed by atoms with Gasteiger partial charge in [0.1, 0.15) is 5.82 Å². The van der Waals surface area contributed by atoms with Gasteiger partial charge in [-0.25, -0.2) is 4.98 Å². The summed E-state index contributed by atoms with van der Waals surface area (Å²) >= 11 is 0. The number of amides is 1. The number of carbonyl (C=O) groups excluding carboxylic acids is 1. The molecule has 0 aliphatic carbocycles. The summed E-state index contributed by atoms with van der Waals surface area (Å²) in [6.07, 6.45) is 4.16. The van der Waals surface area contributed by atoms with Crippen LogP contribution in [0.5, 0.6) is 0 Å². The predicted molar refractivity (Wildman–Crippen MR) is 100 cm³/mol. The van der Waals surface area contributed by atoms with Crippen LogP contribution in [0.2, 0.25) is 0 Å². The number of benzene rings is 1. The number of nitrogens with one attached hydrogen (secondary N) is 1. The number of pyridine rings is 2. The van der Waals surface area contributed by atoms with Crippen LogP contribution in [0, 0.1) is 6.92 Å². The lowest BCUT2D eigenvalue weighted by atomic mass is 10.1. The first-order valence-electron chi connectivity index (χ1n) is 8.59. The summed E-state index contributed by atoms with van der Waals surface area (Å²) in [5.74, 6) is 0.832. The van der Waals surface area contributed by atoms with Crippen molar-refractivity contribution in [3.8, 4) is 0 Å². The SMILES string of the molecule is Cc1cc(C(=O)Nc2ccc(N3CCCC3)nc2)c2ccccc2n1. The lowest BCUT2D eigenvalue weighted by Crippen LogP contribution is -2.19. The summed E-state index contributed by atoms with van der Waals surface area (Å²) in [5, 5.41) is 3.80. The summed E-state index contributed by atoms with van der Waals surface area (Å²) < 4.78 is 0. The van der Waals surface area contributed by atoms with Gasteiger partial charge in [0.05, 0.1) is 23.0 Å². The van der Waals surface area contributed by atoms with E-state index in [9.17, 15) is 4.79 Å². The molecule has 1 aromatic carbocycles. The van der Waals surface area contributed by atoms with E-state index in [1.54, 1.807) is 6.20 Å². The Balaban J connectivity index is 1.58. The molecule has 0 radical (unpaired) electrons. The second-order valence-electron chi connectivity index (χ2n) is 6.38. The average Bonchev–Trinajstić information content (AvgIpc) is 3.16. The minimum Gasteiger partial charge on any atom is -0.357 e. The zero-order valence-corrected chi connectivity index (χ0v) is 14.2. The molecule has 1 aliphatic heterocycles. The Morgan fingerprint density at radius 1 is 1.12 bits per heavy atom. The molecule has 126 valence electrons. The van der Waals surface area contributed by atoms with E-state index in [2.05, 4.69) is 20.2 Å². The highest BCUT2D eigenvalue weighted by Gasteiger charge is 2.15. The molecule has 0 bridgehead atoms. The van der Waals surface area contributed by atoms with Crippen LogP contribution in [0.1, 0.15) is 28.9 Å². The first kappa shape index (κ1) is 15.6. The van der Waals surface area contributed by atoms with Gasteiger partial charge in [-0.15, -0.1) is 0 Å². The molecule has 0 unspecified atom stereocenters. The van der Waals surface area contributed by atoms with E-state index in [1.165, 1.54) is 12.8 Å². The molecule has 4 rings (SSSR count). The summed E-state index contributed by atoms with van der Waals surface area (Å²) in [6, 6.07) is 13.4. The molecule has 1 saturated heterocycles. The Morgan fingerprint density at radius 3 is 2.68 bits per heavy atom. The minimum absolute atomic E-state index is 0.141. The quantitative estimate of drug-likeness (QED) is 0.793. The van der Waals surface area contributed by atoms with Gasteiger partial charge in [-0.05, 0) is 44.0 Å². The van der Waals surface area contributed by atoms with Gasteiger partial charge in [0.15, 0.2) is 0 Å². The van der Waals surface area contributed by atoms with Gasteiger partial charge in [-0.1, -0.05) is 18.2 Å². The first-order chi connectivity index (χ1) is 12.2. The van der Waals surface area contributed by atoms with Crippen molar-refractivity contribution >= 4 is 28.3 Å². The number of aryl methyl sites for hydroxylation is 1. The summed E-state index contributed by atoms with van der Waals surface area (Å²) in [6.45, 7) is 4.01. The summed E-state index contributed by atoms with van der Waals surface area (Å²) in [7, 11) is 0. The van der Waals surface area contributed by atoms with Gasteiger partial charge in [0.25, 0.3) is 5.91 Å².